The highest BCUT2D eigenvalue weighted by atomic mass is 32.2. The summed E-state index contributed by atoms with van der Waals surface area (Å²) < 4.78 is 40.4. The van der Waals surface area contributed by atoms with Gasteiger partial charge in [0.15, 0.2) is 6.10 Å². The largest absolute Gasteiger partial charge is 0.494 e. The molecule has 44 heavy (non-hydrogen) atoms. The number of amides is 2. The van der Waals surface area contributed by atoms with Crippen LogP contribution in [0.5, 0.6) is 11.5 Å². The van der Waals surface area contributed by atoms with Crippen LogP contribution < -0.4 is 19.7 Å². The van der Waals surface area contributed by atoms with Gasteiger partial charge < -0.3 is 19.7 Å². The molecule has 0 aliphatic carbocycles. The molecular formula is C34H35N3O6S. The fraction of sp³-hybridized carbons (Fsp3) is 0.235. The number of para-hydroxylation sites is 2. The van der Waals surface area contributed by atoms with Crippen molar-refractivity contribution < 1.29 is 27.5 Å². The van der Waals surface area contributed by atoms with Gasteiger partial charge >= 0.3 is 0 Å². The summed E-state index contributed by atoms with van der Waals surface area (Å²) >= 11 is 0. The van der Waals surface area contributed by atoms with E-state index in [9.17, 15) is 18.0 Å². The second-order valence-corrected chi connectivity index (χ2v) is 12.2. The molecule has 1 heterocycles. The van der Waals surface area contributed by atoms with E-state index in [-0.39, 0.29) is 23.9 Å². The Balaban J connectivity index is 1.36. The van der Waals surface area contributed by atoms with Crippen molar-refractivity contribution in [1.29, 1.82) is 0 Å². The van der Waals surface area contributed by atoms with E-state index in [0.29, 0.717) is 36.8 Å². The minimum absolute atomic E-state index is 0.0164. The molecule has 9 nitrogen and oxygen atoms in total. The maximum Gasteiger partial charge on any atom is 0.262 e. The molecular weight excluding hydrogens is 578 g/mol. The molecule has 10 heteroatoms. The number of carbonyl (C=O) groups is 2. The van der Waals surface area contributed by atoms with Gasteiger partial charge in [0.1, 0.15) is 11.5 Å². The second kappa shape index (κ2) is 14.2. The number of anilines is 1. The average Bonchev–Trinajstić information content (AvgIpc) is 3.05. The number of nitrogens with zero attached hydrogens (tertiary/aromatic N) is 2. The number of nitrogens with one attached hydrogen (secondary N) is 1. The molecule has 0 radical (unpaired) electrons. The third kappa shape index (κ3) is 7.45. The molecule has 0 bridgehead atoms. The van der Waals surface area contributed by atoms with E-state index >= 15 is 0 Å². The molecule has 0 aromatic heterocycles. The third-order valence-corrected chi connectivity index (χ3v) is 9.01. The zero-order valence-electron chi connectivity index (χ0n) is 24.5. The van der Waals surface area contributed by atoms with Crippen LogP contribution in [-0.4, -0.2) is 56.9 Å². The predicted octanol–water partition coefficient (Wildman–Crippen LogP) is 4.43. The number of hydrogen-bond donors (Lipinski definition) is 1. The van der Waals surface area contributed by atoms with Crippen molar-refractivity contribution in [3.05, 3.63) is 120 Å². The quantitative estimate of drug-likeness (QED) is 0.254. The van der Waals surface area contributed by atoms with Gasteiger partial charge in [-0.3, -0.25) is 9.59 Å². The summed E-state index contributed by atoms with van der Waals surface area (Å²) in [5, 5.41) is 2.91. The molecule has 0 spiro atoms. The summed E-state index contributed by atoms with van der Waals surface area (Å²) in [6.07, 6.45) is -0.314. The van der Waals surface area contributed by atoms with Crippen molar-refractivity contribution in [2.75, 3.05) is 31.1 Å². The molecule has 0 saturated heterocycles. The molecule has 0 saturated carbocycles. The van der Waals surface area contributed by atoms with Crippen LogP contribution in [0.2, 0.25) is 0 Å². The highest BCUT2D eigenvalue weighted by Gasteiger charge is 2.36. The van der Waals surface area contributed by atoms with Crippen LogP contribution >= 0.6 is 0 Å². The maximum absolute atomic E-state index is 14.0. The highest BCUT2D eigenvalue weighted by molar-refractivity contribution is 7.89. The average molecular weight is 614 g/mol. The normalized spacial score (nSPS) is 14.4. The van der Waals surface area contributed by atoms with E-state index in [2.05, 4.69) is 5.32 Å². The van der Waals surface area contributed by atoms with Crippen LogP contribution in [0.3, 0.4) is 0 Å². The van der Waals surface area contributed by atoms with E-state index in [4.69, 9.17) is 9.47 Å². The van der Waals surface area contributed by atoms with Crippen molar-refractivity contribution in [2.45, 2.75) is 30.9 Å². The van der Waals surface area contributed by atoms with Gasteiger partial charge in [0.2, 0.25) is 15.9 Å². The molecule has 4 aromatic carbocycles. The summed E-state index contributed by atoms with van der Waals surface area (Å²) in [7, 11) is -4.09. The van der Waals surface area contributed by atoms with E-state index in [1.165, 1.54) is 17.0 Å². The Labute approximate surface area is 258 Å². The lowest BCUT2D eigenvalue weighted by molar-refractivity contribution is -0.128. The van der Waals surface area contributed by atoms with Crippen LogP contribution in [0.25, 0.3) is 0 Å². The van der Waals surface area contributed by atoms with Gasteiger partial charge in [-0.05, 0) is 60.9 Å². The minimum atomic E-state index is -4.09. The number of benzene rings is 4. The molecule has 2 amide bonds. The van der Waals surface area contributed by atoms with Crippen LogP contribution in [0.15, 0.2) is 114 Å². The zero-order chi connectivity index (χ0) is 30.9. The lowest BCUT2D eigenvalue weighted by Crippen LogP contribution is -2.53. The maximum atomic E-state index is 14.0. The van der Waals surface area contributed by atoms with Gasteiger partial charge in [0.05, 0.1) is 30.3 Å². The first kappa shape index (κ1) is 30.8. The molecule has 0 unspecified atom stereocenters. The summed E-state index contributed by atoms with van der Waals surface area (Å²) in [6, 6.07) is 32.0. The number of carbonyl (C=O) groups excluding carboxylic acids is 2. The van der Waals surface area contributed by atoms with Gasteiger partial charge in [0.25, 0.3) is 5.91 Å². The number of rotatable bonds is 12. The standard InChI is InChI=1S/C34H35N3O6S/c1-2-42-28-17-19-29(20-18-28)44(40,41)36(23-27-13-7-4-8-14-27)25-33(38)37-24-32(43-31-16-10-9-15-30(31)37)34(39)35-22-21-26-11-5-3-6-12-26/h3-20,32H,2,21-25H2,1H3,(H,35,39)/t32-/m1/s1. The van der Waals surface area contributed by atoms with Gasteiger partial charge in [-0.1, -0.05) is 72.8 Å². The summed E-state index contributed by atoms with van der Waals surface area (Å²) in [5.74, 6) is 0.0964. The van der Waals surface area contributed by atoms with Gasteiger partial charge in [-0.25, -0.2) is 8.42 Å². The Kier molecular flexibility index (Phi) is 9.93. The van der Waals surface area contributed by atoms with E-state index in [0.717, 1.165) is 15.4 Å². The van der Waals surface area contributed by atoms with Gasteiger partial charge in [0, 0.05) is 13.1 Å². The Hall–Kier alpha value is -4.67. The van der Waals surface area contributed by atoms with Crippen molar-refractivity contribution in [2.24, 2.45) is 0 Å². The molecule has 1 atom stereocenters. The smallest absolute Gasteiger partial charge is 0.262 e. The van der Waals surface area contributed by atoms with E-state index in [1.54, 1.807) is 36.4 Å². The number of fused-ring (bicyclic) bond motifs is 1. The van der Waals surface area contributed by atoms with Gasteiger partial charge in [-0.15, -0.1) is 0 Å². The molecule has 228 valence electrons. The summed E-state index contributed by atoms with van der Waals surface area (Å²) in [4.78, 5) is 28.6. The Morgan fingerprint density at radius 1 is 0.886 bits per heavy atom. The topological polar surface area (TPSA) is 105 Å². The van der Waals surface area contributed by atoms with Crippen molar-refractivity contribution in [3.8, 4) is 11.5 Å². The third-order valence-electron chi connectivity index (χ3n) is 7.21. The SMILES string of the molecule is CCOc1ccc(S(=O)(=O)N(CC(=O)N2C[C@H](C(=O)NCCc3ccccc3)Oc3ccccc32)Cc2ccccc2)cc1. The number of ether oxygens (including phenoxy) is 2. The monoisotopic (exact) mass is 613 g/mol. The Morgan fingerprint density at radius 3 is 2.20 bits per heavy atom. The van der Waals surface area contributed by atoms with Crippen molar-refractivity contribution in [3.63, 3.8) is 0 Å². The van der Waals surface area contributed by atoms with E-state index < -0.39 is 28.6 Å². The Morgan fingerprint density at radius 2 is 1.52 bits per heavy atom. The fourth-order valence-corrected chi connectivity index (χ4v) is 6.35. The lowest BCUT2D eigenvalue weighted by Gasteiger charge is -2.35. The Bertz CT molecular complexity index is 1660. The fourth-order valence-electron chi connectivity index (χ4n) is 4.97. The van der Waals surface area contributed by atoms with Crippen LogP contribution in [-0.2, 0) is 32.6 Å². The molecule has 4 aromatic rings. The first-order chi connectivity index (χ1) is 21.3. The summed E-state index contributed by atoms with van der Waals surface area (Å²) in [5.41, 5.74) is 2.29. The highest BCUT2D eigenvalue weighted by Crippen LogP contribution is 2.34. The number of hydrogen-bond acceptors (Lipinski definition) is 6. The van der Waals surface area contributed by atoms with Crippen molar-refractivity contribution >= 4 is 27.5 Å². The summed E-state index contributed by atoms with van der Waals surface area (Å²) in [6.45, 7) is 2.19. The first-order valence-electron chi connectivity index (χ1n) is 14.5. The minimum Gasteiger partial charge on any atom is -0.494 e. The molecule has 1 aliphatic heterocycles. The van der Waals surface area contributed by atoms with Crippen molar-refractivity contribution in [1.82, 2.24) is 9.62 Å². The van der Waals surface area contributed by atoms with Crippen LogP contribution in [0, 0.1) is 0 Å². The molecule has 1 N–H and O–H groups in total. The van der Waals surface area contributed by atoms with E-state index in [1.807, 2.05) is 67.6 Å². The molecule has 1 aliphatic rings. The molecule has 5 rings (SSSR count). The van der Waals surface area contributed by atoms with Crippen LogP contribution in [0.4, 0.5) is 5.69 Å². The van der Waals surface area contributed by atoms with Crippen LogP contribution in [0.1, 0.15) is 18.1 Å². The second-order valence-electron chi connectivity index (χ2n) is 10.3. The zero-order valence-corrected chi connectivity index (χ0v) is 25.3. The first-order valence-corrected chi connectivity index (χ1v) is 15.9. The van der Waals surface area contributed by atoms with Gasteiger partial charge in [-0.2, -0.15) is 4.31 Å². The number of sulfonamides is 1. The molecule has 0 fully saturated rings. The lowest BCUT2D eigenvalue weighted by atomic mass is 10.1. The predicted molar refractivity (Wildman–Crippen MR) is 168 cm³/mol.